The standard InChI is InChI=1S/C14H21NO3/c1-11-6-4-5-7-12(11)8-9-15-10-14(2,17)13(16)18-3/h4-7,15,17H,8-10H2,1-3H3. The first-order valence-corrected chi connectivity index (χ1v) is 6.03. The molecule has 0 fully saturated rings. The van der Waals surface area contributed by atoms with Crippen LogP contribution in [0.25, 0.3) is 0 Å². The van der Waals surface area contributed by atoms with E-state index in [4.69, 9.17) is 0 Å². The van der Waals surface area contributed by atoms with Crippen molar-refractivity contribution in [3.05, 3.63) is 35.4 Å². The van der Waals surface area contributed by atoms with Crippen molar-refractivity contribution in [2.45, 2.75) is 25.9 Å². The summed E-state index contributed by atoms with van der Waals surface area (Å²) >= 11 is 0. The van der Waals surface area contributed by atoms with E-state index in [1.807, 2.05) is 12.1 Å². The molecule has 1 rings (SSSR count). The van der Waals surface area contributed by atoms with E-state index >= 15 is 0 Å². The lowest BCUT2D eigenvalue weighted by Gasteiger charge is -2.20. The third kappa shape index (κ3) is 4.13. The van der Waals surface area contributed by atoms with Gasteiger partial charge < -0.3 is 15.2 Å². The molecule has 1 aromatic carbocycles. The molecule has 0 saturated heterocycles. The lowest BCUT2D eigenvalue weighted by molar-refractivity contribution is -0.159. The van der Waals surface area contributed by atoms with E-state index in [2.05, 4.69) is 29.1 Å². The zero-order valence-electron chi connectivity index (χ0n) is 11.2. The van der Waals surface area contributed by atoms with Gasteiger partial charge in [-0.3, -0.25) is 0 Å². The van der Waals surface area contributed by atoms with E-state index in [-0.39, 0.29) is 6.54 Å². The van der Waals surface area contributed by atoms with Crippen LogP contribution in [0.5, 0.6) is 0 Å². The normalized spacial score (nSPS) is 14.0. The smallest absolute Gasteiger partial charge is 0.338 e. The van der Waals surface area contributed by atoms with Gasteiger partial charge in [-0.15, -0.1) is 0 Å². The Balaban J connectivity index is 2.35. The van der Waals surface area contributed by atoms with Crippen molar-refractivity contribution in [3.8, 4) is 0 Å². The van der Waals surface area contributed by atoms with Gasteiger partial charge in [0.1, 0.15) is 0 Å². The molecule has 1 unspecified atom stereocenters. The molecule has 0 amide bonds. The highest BCUT2D eigenvalue weighted by Crippen LogP contribution is 2.07. The van der Waals surface area contributed by atoms with Crippen molar-refractivity contribution in [2.24, 2.45) is 0 Å². The first-order chi connectivity index (χ1) is 8.47. The number of carbonyl (C=O) groups is 1. The van der Waals surface area contributed by atoms with Crippen LogP contribution in [0.4, 0.5) is 0 Å². The first kappa shape index (κ1) is 14.7. The predicted octanol–water partition coefficient (Wildman–Crippen LogP) is 1.05. The second-order valence-electron chi connectivity index (χ2n) is 4.62. The molecule has 0 aliphatic carbocycles. The van der Waals surface area contributed by atoms with E-state index < -0.39 is 11.6 Å². The highest BCUT2D eigenvalue weighted by molar-refractivity contribution is 5.78. The third-order valence-electron chi connectivity index (χ3n) is 2.93. The Morgan fingerprint density at radius 2 is 2.11 bits per heavy atom. The van der Waals surface area contributed by atoms with Crippen LogP contribution in [-0.2, 0) is 16.0 Å². The molecule has 4 heteroatoms. The van der Waals surface area contributed by atoms with Crippen LogP contribution >= 0.6 is 0 Å². The number of hydrogen-bond donors (Lipinski definition) is 2. The molecule has 0 aliphatic rings. The summed E-state index contributed by atoms with van der Waals surface area (Å²) in [5, 5.41) is 12.9. The van der Waals surface area contributed by atoms with E-state index in [1.165, 1.54) is 25.2 Å². The van der Waals surface area contributed by atoms with Crippen LogP contribution in [0.3, 0.4) is 0 Å². The van der Waals surface area contributed by atoms with Crippen LogP contribution in [0.1, 0.15) is 18.1 Å². The zero-order chi connectivity index (χ0) is 13.6. The maximum atomic E-state index is 11.2. The summed E-state index contributed by atoms with van der Waals surface area (Å²) in [6, 6.07) is 8.16. The van der Waals surface area contributed by atoms with Gasteiger partial charge >= 0.3 is 5.97 Å². The molecule has 4 nitrogen and oxygen atoms in total. The van der Waals surface area contributed by atoms with Crippen LogP contribution in [-0.4, -0.2) is 36.9 Å². The van der Waals surface area contributed by atoms with Crippen molar-refractivity contribution in [2.75, 3.05) is 20.2 Å². The Morgan fingerprint density at radius 3 is 2.72 bits per heavy atom. The highest BCUT2D eigenvalue weighted by Gasteiger charge is 2.30. The molecule has 2 N–H and O–H groups in total. The molecular formula is C14H21NO3. The number of benzene rings is 1. The van der Waals surface area contributed by atoms with Gasteiger partial charge in [-0.2, -0.15) is 0 Å². The minimum absolute atomic E-state index is 0.186. The Hall–Kier alpha value is -1.39. The van der Waals surface area contributed by atoms with Gasteiger partial charge in [0.05, 0.1) is 7.11 Å². The van der Waals surface area contributed by atoms with Crippen molar-refractivity contribution in [1.29, 1.82) is 0 Å². The summed E-state index contributed by atoms with van der Waals surface area (Å²) in [5.74, 6) is -0.620. The van der Waals surface area contributed by atoms with Crippen LogP contribution in [0.2, 0.25) is 0 Å². The van der Waals surface area contributed by atoms with E-state index in [0.717, 1.165) is 6.42 Å². The highest BCUT2D eigenvalue weighted by atomic mass is 16.5. The largest absolute Gasteiger partial charge is 0.467 e. The van der Waals surface area contributed by atoms with E-state index in [1.54, 1.807) is 0 Å². The van der Waals surface area contributed by atoms with Gasteiger partial charge in [0.15, 0.2) is 5.60 Å². The monoisotopic (exact) mass is 251 g/mol. The zero-order valence-corrected chi connectivity index (χ0v) is 11.2. The number of aliphatic hydroxyl groups is 1. The van der Waals surface area contributed by atoms with Gasteiger partial charge in [0.25, 0.3) is 0 Å². The first-order valence-electron chi connectivity index (χ1n) is 6.03. The number of esters is 1. The Bertz CT molecular complexity index is 402. The Kier molecular flexibility index (Phi) is 5.31. The molecule has 18 heavy (non-hydrogen) atoms. The molecule has 0 aromatic heterocycles. The van der Waals surface area contributed by atoms with Crippen LogP contribution < -0.4 is 5.32 Å². The summed E-state index contributed by atoms with van der Waals surface area (Å²) in [6.07, 6.45) is 0.865. The summed E-state index contributed by atoms with van der Waals surface area (Å²) < 4.78 is 4.52. The van der Waals surface area contributed by atoms with Crippen molar-refractivity contribution in [1.82, 2.24) is 5.32 Å². The second kappa shape index (κ2) is 6.52. The SMILES string of the molecule is COC(=O)C(C)(O)CNCCc1ccccc1C. The number of rotatable bonds is 6. The van der Waals surface area contributed by atoms with Crippen molar-refractivity contribution in [3.63, 3.8) is 0 Å². The van der Waals surface area contributed by atoms with Gasteiger partial charge in [0, 0.05) is 6.54 Å². The molecular weight excluding hydrogens is 230 g/mol. The summed E-state index contributed by atoms with van der Waals surface area (Å²) in [7, 11) is 1.27. The lowest BCUT2D eigenvalue weighted by Crippen LogP contribution is -2.46. The minimum atomic E-state index is -1.47. The van der Waals surface area contributed by atoms with Crippen molar-refractivity contribution >= 4 is 5.97 Å². The fourth-order valence-corrected chi connectivity index (χ4v) is 1.74. The molecule has 1 atom stereocenters. The van der Waals surface area contributed by atoms with Gasteiger partial charge in [-0.1, -0.05) is 24.3 Å². The summed E-state index contributed by atoms with van der Waals surface area (Å²) in [4.78, 5) is 11.2. The predicted molar refractivity (Wildman–Crippen MR) is 70.4 cm³/mol. The molecule has 0 spiro atoms. The minimum Gasteiger partial charge on any atom is -0.467 e. The number of ether oxygens (including phenoxy) is 1. The van der Waals surface area contributed by atoms with E-state index in [0.29, 0.717) is 6.54 Å². The van der Waals surface area contributed by atoms with Crippen LogP contribution in [0, 0.1) is 6.92 Å². The number of hydrogen-bond acceptors (Lipinski definition) is 4. The summed E-state index contributed by atoms with van der Waals surface area (Å²) in [5.41, 5.74) is 1.04. The fraction of sp³-hybridized carbons (Fsp3) is 0.500. The van der Waals surface area contributed by atoms with Gasteiger partial charge in [-0.05, 0) is 37.9 Å². The molecule has 0 radical (unpaired) electrons. The molecule has 1 aromatic rings. The second-order valence-corrected chi connectivity index (χ2v) is 4.62. The number of aryl methyl sites for hydroxylation is 1. The molecule has 0 bridgehead atoms. The average Bonchev–Trinajstić information content (AvgIpc) is 2.35. The number of methoxy groups -OCH3 is 1. The topological polar surface area (TPSA) is 58.6 Å². The fourth-order valence-electron chi connectivity index (χ4n) is 1.74. The number of carbonyl (C=O) groups excluding carboxylic acids is 1. The summed E-state index contributed by atoms with van der Waals surface area (Å²) in [6.45, 7) is 4.41. The van der Waals surface area contributed by atoms with Crippen molar-refractivity contribution < 1.29 is 14.6 Å². The maximum Gasteiger partial charge on any atom is 0.338 e. The third-order valence-corrected chi connectivity index (χ3v) is 2.93. The molecule has 100 valence electrons. The molecule has 0 aliphatic heterocycles. The van der Waals surface area contributed by atoms with Gasteiger partial charge in [-0.25, -0.2) is 4.79 Å². The van der Waals surface area contributed by atoms with E-state index in [9.17, 15) is 9.90 Å². The number of nitrogens with one attached hydrogen (secondary N) is 1. The van der Waals surface area contributed by atoms with Crippen LogP contribution in [0.15, 0.2) is 24.3 Å². The Labute approximate surface area is 108 Å². The quantitative estimate of drug-likeness (QED) is 0.586. The molecule has 0 heterocycles. The van der Waals surface area contributed by atoms with Gasteiger partial charge in [0.2, 0.25) is 0 Å². The Morgan fingerprint density at radius 1 is 1.44 bits per heavy atom. The maximum absolute atomic E-state index is 11.2. The molecule has 0 saturated carbocycles. The average molecular weight is 251 g/mol. The lowest BCUT2D eigenvalue weighted by atomic mass is 10.1.